The van der Waals surface area contributed by atoms with Gasteiger partial charge < -0.3 is 24.3 Å². The molecule has 2 aromatic rings. The molecule has 132 valence electrons. The van der Waals surface area contributed by atoms with Crippen molar-refractivity contribution in [2.24, 2.45) is 0 Å². The molecule has 0 bridgehead atoms. The second kappa shape index (κ2) is 9.17. The third-order valence-electron chi connectivity index (χ3n) is 3.15. The van der Waals surface area contributed by atoms with Crippen molar-refractivity contribution >= 4 is 17.6 Å². The van der Waals surface area contributed by atoms with Gasteiger partial charge in [-0.3, -0.25) is 4.79 Å². The van der Waals surface area contributed by atoms with E-state index >= 15 is 0 Å². The van der Waals surface area contributed by atoms with Gasteiger partial charge in [-0.2, -0.15) is 0 Å². The standard InChI is InChI=1S/C18H19NO6/c1-22-14-8-9-15(16(10-14)23-2)19-17(20)11-25-18(21)12-24-13-6-4-3-5-7-13/h3-10H,11-12H2,1-2H3,(H,19,20). The zero-order valence-corrected chi connectivity index (χ0v) is 14.0. The number of hydrogen-bond donors (Lipinski definition) is 1. The molecule has 0 fully saturated rings. The van der Waals surface area contributed by atoms with Gasteiger partial charge in [0.25, 0.3) is 5.91 Å². The van der Waals surface area contributed by atoms with Crippen molar-refractivity contribution in [2.45, 2.75) is 0 Å². The predicted octanol–water partition coefficient (Wildman–Crippen LogP) is 2.26. The first kappa shape index (κ1) is 18.1. The maximum absolute atomic E-state index is 11.9. The van der Waals surface area contributed by atoms with Crippen LogP contribution in [0.15, 0.2) is 48.5 Å². The highest BCUT2D eigenvalue weighted by Crippen LogP contribution is 2.28. The molecule has 0 saturated carbocycles. The van der Waals surface area contributed by atoms with Gasteiger partial charge in [-0.15, -0.1) is 0 Å². The van der Waals surface area contributed by atoms with E-state index in [2.05, 4.69) is 5.32 Å². The summed E-state index contributed by atoms with van der Waals surface area (Å²) in [6.07, 6.45) is 0. The summed E-state index contributed by atoms with van der Waals surface area (Å²) in [5.41, 5.74) is 0.449. The normalized spacial score (nSPS) is 9.84. The first-order chi connectivity index (χ1) is 12.1. The molecule has 7 heteroatoms. The highest BCUT2D eigenvalue weighted by atomic mass is 16.6. The summed E-state index contributed by atoms with van der Waals surface area (Å²) in [7, 11) is 3.01. The summed E-state index contributed by atoms with van der Waals surface area (Å²) in [5, 5.41) is 2.60. The Kier molecular flexibility index (Phi) is 6.65. The number of amides is 1. The molecule has 1 amide bonds. The first-order valence-electron chi connectivity index (χ1n) is 7.47. The number of carbonyl (C=O) groups excluding carboxylic acids is 2. The summed E-state index contributed by atoms with van der Waals surface area (Å²) >= 11 is 0. The van der Waals surface area contributed by atoms with Gasteiger partial charge in [0.1, 0.15) is 17.2 Å². The molecule has 0 atom stereocenters. The number of rotatable bonds is 8. The van der Waals surface area contributed by atoms with Gasteiger partial charge in [0.15, 0.2) is 13.2 Å². The summed E-state index contributed by atoms with van der Waals surface area (Å²) in [4.78, 5) is 23.5. The maximum atomic E-state index is 11.9. The van der Waals surface area contributed by atoms with Crippen LogP contribution in [0.25, 0.3) is 0 Å². The fraction of sp³-hybridized carbons (Fsp3) is 0.222. The average molecular weight is 345 g/mol. The molecule has 0 aliphatic carbocycles. The number of anilines is 1. The summed E-state index contributed by atoms with van der Waals surface area (Å²) < 4.78 is 20.4. The number of ether oxygens (including phenoxy) is 4. The highest BCUT2D eigenvalue weighted by molar-refractivity contribution is 5.94. The van der Waals surface area contributed by atoms with Crippen LogP contribution in [-0.4, -0.2) is 39.3 Å². The molecule has 2 aromatic carbocycles. The average Bonchev–Trinajstić information content (AvgIpc) is 2.65. The van der Waals surface area contributed by atoms with Crippen LogP contribution in [-0.2, 0) is 14.3 Å². The molecule has 0 aliphatic rings. The van der Waals surface area contributed by atoms with Crippen molar-refractivity contribution in [2.75, 3.05) is 32.8 Å². The first-order valence-corrected chi connectivity index (χ1v) is 7.47. The van der Waals surface area contributed by atoms with Crippen LogP contribution in [0.3, 0.4) is 0 Å². The van der Waals surface area contributed by atoms with Crippen molar-refractivity contribution in [3.8, 4) is 17.2 Å². The van der Waals surface area contributed by atoms with Crippen LogP contribution in [0, 0.1) is 0 Å². The number of para-hydroxylation sites is 1. The highest BCUT2D eigenvalue weighted by Gasteiger charge is 2.12. The van der Waals surface area contributed by atoms with E-state index in [0.29, 0.717) is 22.9 Å². The van der Waals surface area contributed by atoms with Gasteiger partial charge in [0, 0.05) is 6.07 Å². The molecule has 0 radical (unpaired) electrons. The van der Waals surface area contributed by atoms with E-state index < -0.39 is 18.5 Å². The van der Waals surface area contributed by atoms with E-state index in [1.165, 1.54) is 14.2 Å². The Morgan fingerprint density at radius 1 is 0.920 bits per heavy atom. The van der Waals surface area contributed by atoms with Crippen molar-refractivity contribution in [1.82, 2.24) is 0 Å². The molecule has 0 heterocycles. The molecule has 2 rings (SSSR count). The molecule has 0 spiro atoms. The van der Waals surface area contributed by atoms with Gasteiger partial charge in [-0.25, -0.2) is 4.79 Å². The minimum Gasteiger partial charge on any atom is -0.497 e. The Morgan fingerprint density at radius 2 is 1.68 bits per heavy atom. The number of esters is 1. The van der Waals surface area contributed by atoms with Gasteiger partial charge in [0.05, 0.1) is 19.9 Å². The summed E-state index contributed by atoms with van der Waals surface area (Å²) in [6, 6.07) is 13.8. The fourth-order valence-corrected chi connectivity index (χ4v) is 1.93. The number of nitrogens with one attached hydrogen (secondary N) is 1. The largest absolute Gasteiger partial charge is 0.497 e. The SMILES string of the molecule is COc1ccc(NC(=O)COC(=O)COc2ccccc2)c(OC)c1. The van der Waals surface area contributed by atoms with Crippen molar-refractivity contribution in [3.63, 3.8) is 0 Å². The molecular formula is C18H19NO6. The van der Waals surface area contributed by atoms with Crippen molar-refractivity contribution < 1.29 is 28.5 Å². The van der Waals surface area contributed by atoms with E-state index in [0.717, 1.165) is 0 Å². The number of benzene rings is 2. The Hall–Kier alpha value is -3.22. The number of carbonyl (C=O) groups is 2. The third kappa shape index (κ3) is 5.72. The monoisotopic (exact) mass is 345 g/mol. The van der Waals surface area contributed by atoms with E-state index in [4.69, 9.17) is 18.9 Å². The Labute approximate surface area is 145 Å². The fourth-order valence-electron chi connectivity index (χ4n) is 1.93. The maximum Gasteiger partial charge on any atom is 0.344 e. The number of hydrogen-bond acceptors (Lipinski definition) is 6. The van der Waals surface area contributed by atoms with Crippen LogP contribution >= 0.6 is 0 Å². The van der Waals surface area contributed by atoms with Crippen LogP contribution in [0.2, 0.25) is 0 Å². The minimum absolute atomic E-state index is 0.275. The van der Waals surface area contributed by atoms with Crippen molar-refractivity contribution in [1.29, 1.82) is 0 Å². The van der Waals surface area contributed by atoms with Gasteiger partial charge in [0.2, 0.25) is 0 Å². The van der Waals surface area contributed by atoms with E-state index in [1.54, 1.807) is 42.5 Å². The Morgan fingerprint density at radius 3 is 2.36 bits per heavy atom. The van der Waals surface area contributed by atoms with E-state index in [-0.39, 0.29) is 6.61 Å². The van der Waals surface area contributed by atoms with Crippen molar-refractivity contribution in [3.05, 3.63) is 48.5 Å². The molecule has 0 saturated heterocycles. The molecule has 0 aliphatic heterocycles. The molecule has 1 N–H and O–H groups in total. The van der Waals surface area contributed by atoms with E-state index in [1.807, 2.05) is 6.07 Å². The smallest absolute Gasteiger partial charge is 0.344 e. The predicted molar refractivity (Wildman–Crippen MR) is 91.1 cm³/mol. The summed E-state index contributed by atoms with van der Waals surface area (Å²) in [5.74, 6) is 0.454. The second-order valence-electron chi connectivity index (χ2n) is 4.88. The lowest BCUT2D eigenvalue weighted by Crippen LogP contribution is -2.23. The molecule has 0 aromatic heterocycles. The zero-order valence-electron chi connectivity index (χ0n) is 14.0. The molecule has 25 heavy (non-hydrogen) atoms. The lowest BCUT2D eigenvalue weighted by atomic mass is 10.2. The molecule has 7 nitrogen and oxygen atoms in total. The van der Waals surface area contributed by atoms with Gasteiger partial charge in [-0.1, -0.05) is 18.2 Å². The second-order valence-corrected chi connectivity index (χ2v) is 4.88. The third-order valence-corrected chi connectivity index (χ3v) is 3.15. The quantitative estimate of drug-likeness (QED) is 0.739. The molecule has 0 unspecified atom stereocenters. The van der Waals surface area contributed by atoms with Crippen LogP contribution in [0.5, 0.6) is 17.2 Å². The minimum atomic E-state index is -0.638. The lowest BCUT2D eigenvalue weighted by Gasteiger charge is -2.12. The number of methoxy groups -OCH3 is 2. The Bertz CT molecular complexity index is 717. The van der Waals surface area contributed by atoms with Crippen LogP contribution in [0.4, 0.5) is 5.69 Å². The van der Waals surface area contributed by atoms with E-state index in [9.17, 15) is 9.59 Å². The van der Waals surface area contributed by atoms with Gasteiger partial charge in [-0.05, 0) is 24.3 Å². The summed E-state index contributed by atoms with van der Waals surface area (Å²) in [6.45, 7) is -0.699. The topological polar surface area (TPSA) is 83.1 Å². The van der Waals surface area contributed by atoms with Gasteiger partial charge >= 0.3 is 5.97 Å². The van der Waals surface area contributed by atoms with Crippen LogP contribution < -0.4 is 19.5 Å². The molecular weight excluding hydrogens is 326 g/mol. The zero-order chi connectivity index (χ0) is 18.1. The Balaban J connectivity index is 1.79. The lowest BCUT2D eigenvalue weighted by molar-refractivity contribution is -0.149. The van der Waals surface area contributed by atoms with Crippen LogP contribution in [0.1, 0.15) is 0 Å².